The second kappa shape index (κ2) is 4.21. The lowest BCUT2D eigenvalue weighted by atomic mass is 10.1. The number of nitrogens with zero attached hydrogens (tertiary/aromatic N) is 2. The third-order valence-corrected chi connectivity index (χ3v) is 3.86. The molecule has 1 atom stereocenters. The molecule has 3 nitrogen and oxygen atoms in total. The van der Waals surface area contributed by atoms with E-state index in [1.807, 2.05) is 6.21 Å². The van der Waals surface area contributed by atoms with Gasteiger partial charge in [0, 0.05) is 24.0 Å². The number of hydrogen-bond donors (Lipinski definition) is 1. The summed E-state index contributed by atoms with van der Waals surface area (Å²) in [7, 11) is 0. The van der Waals surface area contributed by atoms with Gasteiger partial charge in [-0.2, -0.15) is 0 Å². The van der Waals surface area contributed by atoms with Crippen molar-refractivity contribution in [1.29, 1.82) is 0 Å². The van der Waals surface area contributed by atoms with Crippen LogP contribution in [-0.4, -0.2) is 12.9 Å². The summed E-state index contributed by atoms with van der Waals surface area (Å²) in [6.07, 6.45) is 2.20. The van der Waals surface area contributed by atoms with Crippen LogP contribution in [0.3, 0.4) is 0 Å². The molecule has 4 rings (SSSR count). The van der Waals surface area contributed by atoms with Gasteiger partial charge in [0.25, 0.3) is 0 Å². The van der Waals surface area contributed by atoms with Crippen molar-refractivity contribution < 1.29 is 0 Å². The van der Waals surface area contributed by atoms with Crippen molar-refractivity contribution in [3.05, 3.63) is 65.2 Å². The Hall–Kier alpha value is -2.13. The molecule has 0 radical (unpaired) electrons. The van der Waals surface area contributed by atoms with Crippen LogP contribution in [0.5, 0.6) is 0 Å². The summed E-state index contributed by atoms with van der Waals surface area (Å²) in [5.74, 6) is 0. The summed E-state index contributed by atoms with van der Waals surface area (Å²) in [6.45, 7) is 1.65. The molecule has 94 valence electrons. The maximum atomic E-state index is 4.48. The Labute approximate surface area is 112 Å². The number of benzene rings is 2. The Kier molecular flexibility index (Phi) is 2.38. The second-order valence-corrected chi connectivity index (χ2v) is 4.96. The van der Waals surface area contributed by atoms with Crippen LogP contribution in [0.2, 0.25) is 0 Å². The minimum Gasteiger partial charge on any atom is -0.332 e. The molecule has 2 aliphatic rings. The van der Waals surface area contributed by atoms with Crippen molar-refractivity contribution in [2.75, 3.05) is 11.6 Å². The fraction of sp³-hybridized carbons (Fsp3) is 0.188. The van der Waals surface area contributed by atoms with E-state index in [0.29, 0.717) is 6.67 Å². The van der Waals surface area contributed by atoms with E-state index in [0.717, 1.165) is 6.54 Å². The molecule has 2 aromatic carbocycles. The zero-order valence-corrected chi connectivity index (χ0v) is 10.6. The van der Waals surface area contributed by atoms with Gasteiger partial charge in [-0.3, -0.25) is 10.3 Å². The van der Waals surface area contributed by atoms with Gasteiger partial charge in [0.15, 0.2) is 0 Å². The first-order valence-electron chi connectivity index (χ1n) is 6.60. The highest BCUT2D eigenvalue weighted by Crippen LogP contribution is 2.34. The van der Waals surface area contributed by atoms with Gasteiger partial charge >= 0.3 is 0 Å². The highest BCUT2D eigenvalue weighted by Gasteiger charge is 2.29. The summed E-state index contributed by atoms with van der Waals surface area (Å²) in [5.41, 5.74) is 5.21. The van der Waals surface area contributed by atoms with Crippen LogP contribution in [0.15, 0.2) is 53.5 Å². The lowest BCUT2D eigenvalue weighted by Gasteiger charge is -2.33. The zero-order valence-electron chi connectivity index (χ0n) is 10.6. The average Bonchev–Trinajstić information content (AvgIpc) is 2.90. The number of hydrogen-bond acceptors (Lipinski definition) is 3. The van der Waals surface area contributed by atoms with Gasteiger partial charge in [-0.1, -0.05) is 42.5 Å². The largest absolute Gasteiger partial charge is 0.332 e. The molecule has 2 heterocycles. The maximum Gasteiger partial charge on any atom is 0.111 e. The van der Waals surface area contributed by atoms with Crippen molar-refractivity contribution in [1.82, 2.24) is 5.32 Å². The summed E-state index contributed by atoms with van der Waals surface area (Å²) in [4.78, 5) is 6.81. The number of para-hydroxylation sites is 1. The van der Waals surface area contributed by atoms with E-state index < -0.39 is 0 Å². The third kappa shape index (κ3) is 1.66. The van der Waals surface area contributed by atoms with E-state index in [1.165, 1.54) is 22.4 Å². The van der Waals surface area contributed by atoms with Gasteiger partial charge < -0.3 is 4.90 Å². The molecule has 19 heavy (non-hydrogen) atoms. The smallest absolute Gasteiger partial charge is 0.111 e. The number of fused-ring (bicyclic) bond motifs is 2. The van der Waals surface area contributed by atoms with E-state index in [2.05, 4.69) is 63.7 Å². The summed E-state index contributed by atoms with van der Waals surface area (Å²) < 4.78 is 0. The molecule has 0 spiro atoms. The predicted octanol–water partition coefficient (Wildman–Crippen LogP) is 2.69. The average molecular weight is 249 g/mol. The molecule has 0 bridgehead atoms. The van der Waals surface area contributed by atoms with Crippen LogP contribution in [0.25, 0.3) is 0 Å². The van der Waals surface area contributed by atoms with E-state index in [1.54, 1.807) is 0 Å². The van der Waals surface area contributed by atoms with E-state index in [9.17, 15) is 0 Å². The van der Waals surface area contributed by atoms with Gasteiger partial charge in [-0.15, -0.1) is 0 Å². The lowest BCUT2D eigenvalue weighted by Crippen LogP contribution is -2.36. The molecular weight excluding hydrogens is 234 g/mol. The van der Waals surface area contributed by atoms with E-state index in [-0.39, 0.29) is 6.17 Å². The Morgan fingerprint density at radius 3 is 2.89 bits per heavy atom. The second-order valence-electron chi connectivity index (χ2n) is 4.96. The molecule has 0 fully saturated rings. The third-order valence-electron chi connectivity index (χ3n) is 3.86. The minimum absolute atomic E-state index is 0.231. The fourth-order valence-corrected chi connectivity index (χ4v) is 2.94. The number of nitrogens with one attached hydrogen (secondary N) is 1. The Morgan fingerprint density at radius 2 is 1.89 bits per heavy atom. The summed E-state index contributed by atoms with van der Waals surface area (Å²) in [5, 5.41) is 3.58. The lowest BCUT2D eigenvalue weighted by molar-refractivity contribution is 0.544. The molecule has 2 aliphatic heterocycles. The Bertz CT molecular complexity index is 648. The van der Waals surface area contributed by atoms with Crippen LogP contribution in [0.4, 0.5) is 5.69 Å². The van der Waals surface area contributed by atoms with Gasteiger partial charge in [0.2, 0.25) is 0 Å². The predicted molar refractivity (Wildman–Crippen MR) is 77.4 cm³/mol. The quantitative estimate of drug-likeness (QED) is 0.841. The van der Waals surface area contributed by atoms with Gasteiger partial charge in [-0.25, -0.2) is 0 Å². The zero-order chi connectivity index (χ0) is 12.7. The molecule has 3 heteroatoms. The maximum absolute atomic E-state index is 4.48. The standard InChI is InChI=1S/C16H15N3/c1-3-7-14-12(5-1)10-18-16(14)19-11-17-9-13-6-2-4-8-15(13)19/h1-9,16,18H,10-11H2. The Balaban J connectivity index is 1.77. The number of anilines is 1. The molecule has 0 saturated heterocycles. The molecule has 0 aromatic heterocycles. The van der Waals surface area contributed by atoms with Crippen LogP contribution < -0.4 is 10.2 Å². The SMILES string of the molecule is C1=NCN(C2NCc3ccccc32)c2ccccc21. The van der Waals surface area contributed by atoms with Crippen molar-refractivity contribution in [2.24, 2.45) is 4.99 Å². The summed E-state index contributed by atoms with van der Waals surface area (Å²) >= 11 is 0. The molecule has 0 saturated carbocycles. The molecule has 0 aliphatic carbocycles. The molecule has 0 amide bonds. The molecule has 1 N–H and O–H groups in total. The van der Waals surface area contributed by atoms with Gasteiger partial charge in [0.05, 0.1) is 0 Å². The highest BCUT2D eigenvalue weighted by atomic mass is 15.3. The van der Waals surface area contributed by atoms with Crippen LogP contribution in [0.1, 0.15) is 22.9 Å². The Morgan fingerprint density at radius 1 is 1.05 bits per heavy atom. The van der Waals surface area contributed by atoms with E-state index in [4.69, 9.17) is 0 Å². The van der Waals surface area contributed by atoms with Crippen molar-refractivity contribution in [3.8, 4) is 0 Å². The fourth-order valence-electron chi connectivity index (χ4n) is 2.94. The van der Waals surface area contributed by atoms with Gasteiger partial charge in [-0.05, 0) is 17.2 Å². The molecular formula is C16H15N3. The monoisotopic (exact) mass is 249 g/mol. The van der Waals surface area contributed by atoms with E-state index >= 15 is 0 Å². The van der Waals surface area contributed by atoms with Crippen molar-refractivity contribution in [2.45, 2.75) is 12.7 Å². The molecule has 1 unspecified atom stereocenters. The summed E-state index contributed by atoms with van der Waals surface area (Å²) in [6, 6.07) is 17.1. The van der Waals surface area contributed by atoms with Crippen LogP contribution >= 0.6 is 0 Å². The normalized spacial score (nSPS) is 20.2. The highest BCUT2D eigenvalue weighted by molar-refractivity contribution is 5.89. The number of aliphatic imine (C=N–C) groups is 1. The first-order chi connectivity index (χ1) is 9.43. The van der Waals surface area contributed by atoms with Crippen molar-refractivity contribution in [3.63, 3.8) is 0 Å². The van der Waals surface area contributed by atoms with Crippen LogP contribution in [0, 0.1) is 0 Å². The first-order valence-corrected chi connectivity index (χ1v) is 6.60. The van der Waals surface area contributed by atoms with Crippen LogP contribution in [-0.2, 0) is 6.54 Å². The first kappa shape index (κ1) is 10.8. The molecule has 2 aromatic rings. The van der Waals surface area contributed by atoms with Crippen molar-refractivity contribution >= 4 is 11.9 Å². The topological polar surface area (TPSA) is 27.6 Å². The number of rotatable bonds is 1. The van der Waals surface area contributed by atoms with Gasteiger partial charge in [0.1, 0.15) is 12.8 Å². The minimum atomic E-state index is 0.231.